The monoisotopic (exact) mass is 251 g/mol. The second kappa shape index (κ2) is 8.95. The number of para-hydroxylation sites is 1. The predicted molar refractivity (Wildman–Crippen MR) is 75.1 cm³/mol. The van der Waals surface area contributed by atoms with E-state index in [9.17, 15) is 0 Å². The summed E-state index contributed by atoms with van der Waals surface area (Å²) in [5.74, 6) is 0.952. The largest absolute Gasteiger partial charge is 0.491 e. The first-order chi connectivity index (χ1) is 8.79. The van der Waals surface area contributed by atoms with Crippen molar-refractivity contribution in [3.63, 3.8) is 0 Å². The molecule has 1 unspecified atom stereocenters. The first-order valence-electron chi connectivity index (χ1n) is 6.82. The van der Waals surface area contributed by atoms with Crippen molar-refractivity contribution in [1.82, 2.24) is 5.32 Å². The number of hydrogen-bond donors (Lipinski definition) is 1. The molecule has 1 rings (SSSR count). The lowest BCUT2D eigenvalue weighted by atomic mass is 10.1. The third kappa shape index (κ3) is 5.07. The van der Waals surface area contributed by atoms with Gasteiger partial charge in [-0.1, -0.05) is 25.1 Å². The van der Waals surface area contributed by atoms with E-state index in [0.29, 0.717) is 19.3 Å². The van der Waals surface area contributed by atoms with Gasteiger partial charge in [0, 0.05) is 18.2 Å². The van der Waals surface area contributed by atoms with Gasteiger partial charge in [-0.15, -0.1) is 0 Å². The van der Waals surface area contributed by atoms with Crippen LogP contribution in [0.15, 0.2) is 24.3 Å². The summed E-state index contributed by atoms with van der Waals surface area (Å²) >= 11 is 0. The van der Waals surface area contributed by atoms with Crippen molar-refractivity contribution in [2.75, 3.05) is 26.4 Å². The maximum absolute atomic E-state index is 5.78. The highest BCUT2D eigenvalue weighted by atomic mass is 16.5. The van der Waals surface area contributed by atoms with Gasteiger partial charge >= 0.3 is 0 Å². The molecule has 0 bridgehead atoms. The molecule has 0 aliphatic heterocycles. The van der Waals surface area contributed by atoms with Gasteiger partial charge in [0.15, 0.2) is 0 Å². The van der Waals surface area contributed by atoms with E-state index < -0.39 is 0 Å². The van der Waals surface area contributed by atoms with Gasteiger partial charge in [0.05, 0.1) is 6.61 Å². The summed E-state index contributed by atoms with van der Waals surface area (Å²) in [6, 6.07) is 8.50. The molecular formula is C15H25NO2. The fourth-order valence-corrected chi connectivity index (χ4v) is 1.80. The minimum Gasteiger partial charge on any atom is -0.491 e. The van der Waals surface area contributed by atoms with Crippen molar-refractivity contribution in [1.29, 1.82) is 0 Å². The summed E-state index contributed by atoms with van der Waals surface area (Å²) in [5, 5.41) is 3.48. The number of ether oxygens (including phenoxy) is 2. The Morgan fingerprint density at radius 3 is 2.67 bits per heavy atom. The van der Waals surface area contributed by atoms with Crippen LogP contribution in [0.25, 0.3) is 0 Å². The van der Waals surface area contributed by atoms with Crippen LogP contribution in [0.4, 0.5) is 0 Å². The number of rotatable bonds is 9. The van der Waals surface area contributed by atoms with Crippen LogP contribution < -0.4 is 10.1 Å². The molecule has 0 radical (unpaired) electrons. The molecule has 1 aromatic carbocycles. The van der Waals surface area contributed by atoms with Crippen LogP contribution in [-0.4, -0.2) is 26.4 Å². The first-order valence-corrected chi connectivity index (χ1v) is 6.82. The molecule has 1 aromatic rings. The molecule has 18 heavy (non-hydrogen) atoms. The summed E-state index contributed by atoms with van der Waals surface area (Å²) in [7, 11) is 0. The molecule has 0 aliphatic rings. The van der Waals surface area contributed by atoms with Crippen molar-refractivity contribution in [2.45, 2.75) is 33.2 Å². The standard InChI is InChI=1S/C15H25NO2/c1-4-10-16-13(3)14-8-6-7-9-15(14)18-12-11-17-5-2/h6-9,13,16H,4-5,10-12H2,1-3H3. The van der Waals surface area contributed by atoms with E-state index in [-0.39, 0.29) is 0 Å². The van der Waals surface area contributed by atoms with Gasteiger partial charge in [-0.3, -0.25) is 0 Å². The fourth-order valence-electron chi connectivity index (χ4n) is 1.80. The van der Waals surface area contributed by atoms with Crippen molar-refractivity contribution >= 4 is 0 Å². The number of nitrogens with one attached hydrogen (secondary N) is 1. The minimum atomic E-state index is 0.313. The van der Waals surface area contributed by atoms with Crippen LogP contribution in [0.5, 0.6) is 5.75 Å². The van der Waals surface area contributed by atoms with E-state index in [0.717, 1.165) is 25.3 Å². The summed E-state index contributed by atoms with van der Waals surface area (Å²) < 4.78 is 11.1. The summed E-state index contributed by atoms with van der Waals surface area (Å²) in [6.07, 6.45) is 1.14. The molecule has 0 spiro atoms. The first kappa shape index (κ1) is 15.0. The van der Waals surface area contributed by atoms with Crippen LogP contribution in [0.2, 0.25) is 0 Å². The molecule has 0 heterocycles. The SMILES string of the molecule is CCCNC(C)c1ccccc1OCCOCC. The lowest BCUT2D eigenvalue weighted by Gasteiger charge is -2.18. The number of benzene rings is 1. The molecule has 1 atom stereocenters. The highest BCUT2D eigenvalue weighted by Crippen LogP contribution is 2.24. The maximum atomic E-state index is 5.78. The zero-order chi connectivity index (χ0) is 13.2. The van der Waals surface area contributed by atoms with Crippen LogP contribution in [0.1, 0.15) is 38.8 Å². The molecule has 0 aliphatic carbocycles. The smallest absolute Gasteiger partial charge is 0.124 e. The second-order valence-corrected chi connectivity index (χ2v) is 4.26. The Morgan fingerprint density at radius 2 is 1.94 bits per heavy atom. The normalized spacial score (nSPS) is 12.4. The van der Waals surface area contributed by atoms with Gasteiger partial charge in [-0.05, 0) is 32.9 Å². The molecule has 3 heteroatoms. The third-order valence-electron chi connectivity index (χ3n) is 2.78. The van der Waals surface area contributed by atoms with Gasteiger partial charge < -0.3 is 14.8 Å². The lowest BCUT2D eigenvalue weighted by molar-refractivity contribution is 0.109. The van der Waals surface area contributed by atoms with E-state index >= 15 is 0 Å². The van der Waals surface area contributed by atoms with Crippen molar-refractivity contribution in [3.05, 3.63) is 29.8 Å². The average Bonchev–Trinajstić information content (AvgIpc) is 2.41. The molecule has 102 valence electrons. The van der Waals surface area contributed by atoms with Gasteiger partial charge in [0.25, 0.3) is 0 Å². The van der Waals surface area contributed by atoms with Gasteiger partial charge in [-0.2, -0.15) is 0 Å². The second-order valence-electron chi connectivity index (χ2n) is 4.26. The van der Waals surface area contributed by atoms with E-state index in [1.165, 1.54) is 5.56 Å². The molecule has 0 saturated carbocycles. The molecule has 1 N–H and O–H groups in total. The average molecular weight is 251 g/mol. The fraction of sp³-hybridized carbons (Fsp3) is 0.600. The Kier molecular flexibility index (Phi) is 7.46. The Balaban J connectivity index is 2.55. The van der Waals surface area contributed by atoms with Gasteiger partial charge in [0.2, 0.25) is 0 Å². The molecule has 0 fully saturated rings. The Morgan fingerprint density at radius 1 is 1.17 bits per heavy atom. The summed E-state index contributed by atoms with van der Waals surface area (Å²) in [4.78, 5) is 0. The van der Waals surface area contributed by atoms with Gasteiger partial charge in [0.1, 0.15) is 12.4 Å². The van der Waals surface area contributed by atoms with Crippen LogP contribution in [0, 0.1) is 0 Å². The molecule has 3 nitrogen and oxygen atoms in total. The topological polar surface area (TPSA) is 30.5 Å². The molecule has 0 amide bonds. The zero-order valence-corrected chi connectivity index (χ0v) is 11.7. The van der Waals surface area contributed by atoms with E-state index in [4.69, 9.17) is 9.47 Å². The third-order valence-corrected chi connectivity index (χ3v) is 2.78. The highest BCUT2D eigenvalue weighted by Gasteiger charge is 2.09. The van der Waals surface area contributed by atoms with E-state index in [1.807, 2.05) is 19.1 Å². The molecule has 0 aromatic heterocycles. The summed E-state index contributed by atoms with van der Waals surface area (Å²) in [6.45, 7) is 9.33. The Labute approximate surface area is 110 Å². The quantitative estimate of drug-likeness (QED) is 0.684. The molecule has 0 saturated heterocycles. The number of hydrogen-bond acceptors (Lipinski definition) is 3. The predicted octanol–water partition coefficient (Wildman–Crippen LogP) is 3.16. The Hall–Kier alpha value is -1.06. The van der Waals surface area contributed by atoms with E-state index in [1.54, 1.807) is 0 Å². The van der Waals surface area contributed by atoms with Crippen LogP contribution in [0.3, 0.4) is 0 Å². The Bertz CT molecular complexity index is 328. The lowest BCUT2D eigenvalue weighted by Crippen LogP contribution is -2.20. The highest BCUT2D eigenvalue weighted by molar-refractivity contribution is 5.35. The maximum Gasteiger partial charge on any atom is 0.124 e. The van der Waals surface area contributed by atoms with Crippen molar-refractivity contribution in [2.24, 2.45) is 0 Å². The van der Waals surface area contributed by atoms with Gasteiger partial charge in [-0.25, -0.2) is 0 Å². The van der Waals surface area contributed by atoms with Crippen LogP contribution in [-0.2, 0) is 4.74 Å². The zero-order valence-electron chi connectivity index (χ0n) is 11.7. The summed E-state index contributed by atoms with van der Waals surface area (Å²) in [5.41, 5.74) is 1.21. The van der Waals surface area contributed by atoms with Crippen LogP contribution >= 0.6 is 0 Å². The molecular weight excluding hydrogens is 226 g/mol. The van der Waals surface area contributed by atoms with Crippen molar-refractivity contribution in [3.8, 4) is 5.75 Å². The van der Waals surface area contributed by atoms with Crippen molar-refractivity contribution < 1.29 is 9.47 Å². The minimum absolute atomic E-state index is 0.313. The van der Waals surface area contributed by atoms with E-state index in [2.05, 4.69) is 31.3 Å².